The van der Waals surface area contributed by atoms with Crippen molar-refractivity contribution in [2.24, 2.45) is 0 Å². The third kappa shape index (κ3) is 2.15. The summed E-state index contributed by atoms with van der Waals surface area (Å²) in [6.45, 7) is 0.705. The number of ether oxygens (including phenoxy) is 1. The van der Waals surface area contributed by atoms with Crippen molar-refractivity contribution >= 4 is 21.8 Å². The van der Waals surface area contributed by atoms with Crippen LogP contribution in [0.2, 0.25) is 0 Å². The molecule has 1 aromatic carbocycles. The van der Waals surface area contributed by atoms with Crippen molar-refractivity contribution in [2.45, 2.75) is 12.3 Å². The Morgan fingerprint density at radius 3 is 2.93 bits per heavy atom. The molecule has 1 aliphatic rings. The first-order valence-corrected chi connectivity index (χ1v) is 5.60. The molecule has 0 radical (unpaired) electrons. The Balaban J connectivity index is 2.31. The number of rotatable bonds is 2. The standard InChI is InChI=1S/C11H12BrNO2/c1-15-10-5-8(12)2-3-9(10)7-4-11(14)13-6-7/h2-3,5,7H,4,6H2,1H3,(H,13,14). The van der Waals surface area contributed by atoms with Crippen LogP contribution in [0.4, 0.5) is 0 Å². The van der Waals surface area contributed by atoms with Gasteiger partial charge >= 0.3 is 0 Å². The molecular weight excluding hydrogens is 258 g/mol. The maximum Gasteiger partial charge on any atom is 0.220 e. The van der Waals surface area contributed by atoms with Gasteiger partial charge in [-0.3, -0.25) is 4.79 Å². The largest absolute Gasteiger partial charge is 0.496 e. The number of carbonyl (C=O) groups excluding carboxylic acids is 1. The van der Waals surface area contributed by atoms with Gasteiger partial charge in [0.15, 0.2) is 0 Å². The molecule has 0 aromatic heterocycles. The van der Waals surface area contributed by atoms with Crippen molar-refractivity contribution in [1.82, 2.24) is 5.32 Å². The van der Waals surface area contributed by atoms with E-state index in [1.807, 2.05) is 18.2 Å². The maximum atomic E-state index is 11.1. The lowest BCUT2D eigenvalue weighted by molar-refractivity contribution is -0.119. The molecule has 0 aliphatic carbocycles. The van der Waals surface area contributed by atoms with E-state index in [1.165, 1.54) is 0 Å². The highest BCUT2D eigenvalue weighted by molar-refractivity contribution is 9.10. The van der Waals surface area contributed by atoms with Gasteiger partial charge in [0.25, 0.3) is 0 Å². The summed E-state index contributed by atoms with van der Waals surface area (Å²) in [6, 6.07) is 5.91. The van der Waals surface area contributed by atoms with Crippen LogP contribution in [0, 0.1) is 0 Å². The van der Waals surface area contributed by atoms with E-state index in [1.54, 1.807) is 7.11 Å². The fourth-order valence-electron chi connectivity index (χ4n) is 1.85. The number of hydrogen-bond donors (Lipinski definition) is 1. The topological polar surface area (TPSA) is 38.3 Å². The van der Waals surface area contributed by atoms with E-state index in [-0.39, 0.29) is 11.8 Å². The van der Waals surface area contributed by atoms with Crippen molar-refractivity contribution in [3.8, 4) is 5.75 Å². The highest BCUT2D eigenvalue weighted by atomic mass is 79.9. The van der Waals surface area contributed by atoms with Crippen LogP contribution in [-0.4, -0.2) is 19.6 Å². The molecule has 0 saturated carbocycles. The van der Waals surface area contributed by atoms with Gasteiger partial charge in [0.2, 0.25) is 5.91 Å². The fraction of sp³-hybridized carbons (Fsp3) is 0.364. The van der Waals surface area contributed by atoms with E-state index in [2.05, 4.69) is 21.2 Å². The molecule has 1 amide bonds. The van der Waals surface area contributed by atoms with E-state index >= 15 is 0 Å². The molecule has 1 aliphatic heterocycles. The molecule has 1 N–H and O–H groups in total. The number of methoxy groups -OCH3 is 1. The van der Waals surface area contributed by atoms with Crippen LogP contribution in [0.15, 0.2) is 22.7 Å². The third-order valence-corrected chi connectivity index (χ3v) is 3.11. The van der Waals surface area contributed by atoms with E-state index in [4.69, 9.17) is 4.74 Å². The first-order valence-electron chi connectivity index (χ1n) is 4.81. The Kier molecular flexibility index (Phi) is 2.95. The molecule has 0 spiro atoms. The summed E-state index contributed by atoms with van der Waals surface area (Å²) in [7, 11) is 1.65. The normalized spacial score (nSPS) is 20.1. The van der Waals surface area contributed by atoms with Crippen molar-refractivity contribution in [3.05, 3.63) is 28.2 Å². The summed E-state index contributed by atoms with van der Waals surface area (Å²) in [6.07, 6.45) is 0.554. The lowest BCUT2D eigenvalue weighted by Gasteiger charge is -2.13. The second-order valence-electron chi connectivity index (χ2n) is 3.59. The summed E-state index contributed by atoms with van der Waals surface area (Å²) in [5.41, 5.74) is 1.10. The second-order valence-corrected chi connectivity index (χ2v) is 4.51. The van der Waals surface area contributed by atoms with E-state index < -0.39 is 0 Å². The number of amides is 1. The van der Waals surface area contributed by atoms with Crippen LogP contribution in [-0.2, 0) is 4.79 Å². The lowest BCUT2D eigenvalue weighted by atomic mass is 9.97. The average molecular weight is 270 g/mol. The lowest BCUT2D eigenvalue weighted by Crippen LogP contribution is -2.13. The predicted molar refractivity (Wildman–Crippen MR) is 61.1 cm³/mol. The van der Waals surface area contributed by atoms with Crippen LogP contribution < -0.4 is 10.1 Å². The first-order chi connectivity index (χ1) is 7.20. The van der Waals surface area contributed by atoms with Gasteiger partial charge in [0.1, 0.15) is 5.75 Å². The minimum atomic E-state index is 0.116. The number of nitrogens with one attached hydrogen (secondary N) is 1. The van der Waals surface area contributed by atoms with Gasteiger partial charge in [-0.2, -0.15) is 0 Å². The van der Waals surface area contributed by atoms with Gasteiger partial charge < -0.3 is 10.1 Å². The summed E-state index contributed by atoms with van der Waals surface area (Å²) < 4.78 is 6.29. The molecule has 4 heteroatoms. The quantitative estimate of drug-likeness (QED) is 0.893. The van der Waals surface area contributed by atoms with Crippen LogP contribution in [0.3, 0.4) is 0 Å². The molecule has 2 rings (SSSR count). The van der Waals surface area contributed by atoms with Gasteiger partial charge in [0, 0.05) is 23.4 Å². The molecule has 3 nitrogen and oxygen atoms in total. The van der Waals surface area contributed by atoms with Crippen LogP contribution in [0.25, 0.3) is 0 Å². The van der Waals surface area contributed by atoms with E-state index in [9.17, 15) is 4.79 Å². The first kappa shape index (κ1) is 10.5. The van der Waals surface area contributed by atoms with E-state index in [0.717, 1.165) is 15.8 Å². The molecule has 1 unspecified atom stereocenters. The molecule has 80 valence electrons. The molecular formula is C11H12BrNO2. The average Bonchev–Trinajstić information content (AvgIpc) is 2.64. The Morgan fingerprint density at radius 1 is 1.53 bits per heavy atom. The fourth-order valence-corrected chi connectivity index (χ4v) is 2.19. The van der Waals surface area contributed by atoms with Crippen molar-refractivity contribution < 1.29 is 9.53 Å². The van der Waals surface area contributed by atoms with Crippen LogP contribution >= 0.6 is 15.9 Å². The maximum absolute atomic E-state index is 11.1. The SMILES string of the molecule is COc1cc(Br)ccc1C1CNC(=O)C1. The van der Waals surface area contributed by atoms with Crippen molar-refractivity contribution in [1.29, 1.82) is 0 Å². The van der Waals surface area contributed by atoms with Gasteiger partial charge in [-0.15, -0.1) is 0 Å². The Labute approximate surface area is 96.9 Å². The van der Waals surface area contributed by atoms with Gasteiger partial charge in [-0.1, -0.05) is 22.0 Å². The summed E-state index contributed by atoms with van der Waals surface area (Å²) in [5.74, 6) is 1.19. The number of carbonyl (C=O) groups is 1. The van der Waals surface area contributed by atoms with Gasteiger partial charge in [0.05, 0.1) is 7.11 Å². The smallest absolute Gasteiger partial charge is 0.220 e. The minimum absolute atomic E-state index is 0.116. The molecule has 1 atom stereocenters. The highest BCUT2D eigenvalue weighted by Crippen LogP contribution is 2.32. The Morgan fingerprint density at radius 2 is 2.33 bits per heavy atom. The molecule has 1 fully saturated rings. The van der Waals surface area contributed by atoms with Gasteiger partial charge in [-0.25, -0.2) is 0 Å². The Hall–Kier alpha value is -1.03. The molecule has 15 heavy (non-hydrogen) atoms. The molecule has 0 bridgehead atoms. The zero-order chi connectivity index (χ0) is 10.8. The van der Waals surface area contributed by atoms with Crippen LogP contribution in [0.1, 0.15) is 17.9 Å². The highest BCUT2D eigenvalue weighted by Gasteiger charge is 2.25. The van der Waals surface area contributed by atoms with Crippen molar-refractivity contribution in [2.75, 3.05) is 13.7 Å². The number of benzene rings is 1. The molecule has 1 saturated heterocycles. The predicted octanol–water partition coefficient (Wildman–Crippen LogP) is 2.06. The monoisotopic (exact) mass is 269 g/mol. The molecule has 1 aromatic rings. The number of halogens is 1. The van der Waals surface area contributed by atoms with Crippen molar-refractivity contribution in [3.63, 3.8) is 0 Å². The van der Waals surface area contributed by atoms with Crippen LogP contribution in [0.5, 0.6) is 5.75 Å². The zero-order valence-corrected chi connectivity index (χ0v) is 10.0. The van der Waals surface area contributed by atoms with E-state index in [0.29, 0.717) is 13.0 Å². The third-order valence-electron chi connectivity index (χ3n) is 2.61. The summed E-state index contributed by atoms with van der Waals surface area (Å²) >= 11 is 3.39. The Bertz CT molecular complexity index is 392. The number of hydrogen-bond acceptors (Lipinski definition) is 2. The molecule has 1 heterocycles. The summed E-state index contributed by atoms with van der Waals surface area (Å²) in [5, 5.41) is 2.83. The van der Waals surface area contributed by atoms with Gasteiger partial charge in [-0.05, 0) is 17.7 Å². The zero-order valence-electron chi connectivity index (χ0n) is 8.42. The second kappa shape index (κ2) is 4.23. The minimum Gasteiger partial charge on any atom is -0.496 e. The summed E-state index contributed by atoms with van der Waals surface area (Å²) in [4.78, 5) is 11.1.